The number of piperidine rings is 1. The molecule has 116 valence electrons. The van der Waals surface area contributed by atoms with Crippen LogP contribution in [0.15, 0.2) is 18.2 Å². The van der Waals surface area contributed by atoms with Crippen molar-refractivity contribution in [1.82, 2.24) is 4.90 Å². The molecule has 1 amide bonds. The summed E-state index contributed by atoms with van der Waals surface area (Å²) in [5.74, 6) is -0.593. The van der Waals surface area contributed by atoms with Crippen LogP contribution in [0.4, 0.5) is 13.2 Å². The Labute approximate surface area is 121 Å². The standard InChI is InChI=1S/C15H19F3N2O/c1-9-3-5-12(10(2)7-9)14(21)20-8-11(19)4-6-13(20)15(16,17)18/h3,5,7,11,13H,4,6,8,19H2,1-2H3. The summed E-state index contributed by atoms with van der Waals surface area (Å²) in [5.41, 5.74) is 7.70. The molecular formula is C15H19F3N2O. The maximum atomic E-state index is 13.1. The molecule has 0 aliphatic carbocycles. The van der Waals surface area contributed by atoms with E-state index in [9.17, 15) is 18.0 Å². The van der Waals surface area contributed by atoms with E-state index >= 15 is 0 Å². The van der Waals surface area contributed by atoms with Gasteiger partial charge in [-0.2, -0.15) is 13.2 Å². The lowest BCUT2D eigenvalue weighted by atomic mass is 9.96. The van der Waals surface area contributed by atoms with Crippen molar-refractivity contribution in [3.05, 3.63) is 34.9 Å². The topological polar surface area (TPSA) is 46.3 Å². The first-order valence-corrected chi connectivity index (χ1v) is 6.90. The summed E-state index contributed by atoms with van der Waals surface area (Å²) in [6.45, 7) is 3.54. The third kappa shape index (κ3) is 3.37. The highest BCUT2D eigenvalue weighted by molar-refractivity contribution is 5.96. The smallest absolute Gasteiger partial charge is 0.326 e. The van der Waals surface area contributed by atoms with Gasteiger partial charge in [0.25, 0.3) is 5.91 Å². The van der Waals surface area contributed by atoms with Crippen LogP contribution in [0, 0.1) is 13.8 Å². The van der Waals surface area contributed by atoms with E-state index in [1.807, 2.05) is 6.92 Å². The Morgan fingerprint density at radius 1 is 1.29 bits per heavy atom. The molecule has 0 spiro atoms. The zero-order valence-corrected chi connectivity index (χ0v) is 12.1. The first kappa shape index (κ1) is 15.8. The number of nitrogens with zero attached hydrogens (tertiary/aromatic N) is 1. The second-order valence-electron chi connectivity index (χ2n) is 5.67. The lowest BCUT2D eigenvalue weighted by Crippen LogP contribution is -2.56. The van der Waals surface area contributed by atoms with E-state index in [4.69, 9.17) is 5.73 Å². The van der Waals surface area contributed by atoms with E-state index in [1.165, 1.54) is 0 Å². The fourth-order valence-corrected chi connectivity index (χ4v) is 2.77. The van der Waals surface area contributed by atoms with Gasteiger partial charge < -0.3 is 10.6 Å². The molecule has 2 rings (SSSR count). The number of nitrogens with two attached hydrogens (primary N) is 1. The number of likely N-dealkylation sites (tertiary alicyclic amines) is 1. The number of alkyl halides is 3. The summed E-state index contributed by atoms with van der Waals surface area (Å²) in [6, 6.07) is 2.95. The van der Waals surface area contributed by atoms with Gasteiger partial charge in [-0.25, -0.2) is 0 Å². The fraction of sp³-hybridized carbons (Fsp3) is 0.533. The number of rotatable bonds is 1. The van der Waals surface area contributed by atoms with Gasteiger partial charge in [0.15, 0.2) is 0 Å². The van der Waals surface area contributed by atoms with Crippen LogP contribution in [-0.2, 0) is 0 Å². The van der Waals surface area contributed by atoms with Gasteiger partial charge >= 0.3 is 6.18 Å². The monoisotopic (exact) mass is 300 g/mol. The summed E-state index contributed by atoms with van der Waals surface area (Å²) in [7, 11) is 0. The second-order valence-corrected chi connectivity index (χ2v) is 5.67. The van der Waals surface area contributed by atoms with E-state index in [0.717, 1.165) is 10.5 Å². The average molecular weight is 300 g/mol. The van der Waals surface area contributed by atoms with Crippen molar-refractivity contribution in [2.45, 2.75) is 44.9 Å². The molecule has 1 aliphatic rings. The molecule has 2 N–H and O–H groups in total. The number of carbonyl (C=O) groups excluding carboxylic acids is 1. The van der Waals surface area contributed by atoms with Gasteiger partial charge in [-0.1, -0.05) is 17.7 Å². The quantitative estimate of drug-likeness (QED) is 0.867. The molecule has 2 atom stereocenters. The van der Waals surface area contributed by atoms with Crippen LogP contribution in [0.1, 0.15) is 34.3 Å². The first-order chi connectivity index (χ1) is 9.70. The minimum atomic E-state index is -4.42. The highest BCUT2D eigenvalue weighted by Gasteiger charge is 2.47. The number of halogens is 3. The lowest BCUT2D eigenvalue weighted by Gasteiger charge is -2.39. The summed E-state index contributed by atoms with van der Waals surface area (Å²) in [6.07, 6.45) is -4.28. The summed E-state index contributed by atoms with van der Waals surface area (Å²) in [4.78, 5) is 13.4. The van der Waals surface area contributed by atoms with Crippen LogP contribution in [0.3, 0.4) is 0 Å². The van der Waals surface area contributed by atoms with Crippen LogP contribution in [0.2, 0.25) is 0 Å². The van der Waals surface area contributed by atoms with Crippen molar-refractivity contribution in [2.75, 3.05) is 6.54 Å². The van der Waals surface area contributed by atoms with Gasteiger partial charge in [0.1, 0.15) is 6.04 Å². The normalized spacial score (nSPS) is 23.2. The molecule has 1 fully saturated rings. The number of amides is 1. The number of benzene rings is 1. The van der Waals surface area contributed by atoms with Gasteiger partial charge in [-0.05, 0) is 38.3 Å². The Hall–Kier alpha value is -1.56. The van der Waals surface area contributed by atoms with Crippen molar-refractivity contribution in [1.29, 1.82) is 0 Å². The third-order valence-electron chi connectivity index (χ3n) is 3.87. The highest BCUT2D eigenvalue weighted by Crippen LogP contribution is 2.32. The van der Waals surface area contributed by atoms with Crippen molar-refractivity contribution >= 4 is 5.91 Å². The van der Waals surface area contributed by atoms with Gasteiger partial charge in [-0.3, -0.25) is 4.79 Å². The molecule has 2 unspecified atom stereocenters. The Balaban J connectivity index is 2.33. The van der Waals surface area contributed by atoms with Gasteiger partial charge in [-0.15, -0.1) is 0 Å². The number of aryl methyl sites for hydroxylation is 2. The lowest BCUT2D eigenvalue weighted by molar-refractivity contribution is -0.184. The Morgan fingerprint density at radius 2 is 1.95 bits per heavy atom. The summed E-state index contributed by atoms with van der Waals surface area (Å²) < 4.78 is 39.4. The molecule has 1 aromatic carbocycles. The molecule has 0 aromatic heterocycles. The third-order valence-corrected chi connectivity index (χ3v) is 3.87. The van der Waals surface area contributed by atoms with E-state index in [1.54, 1.807) is 25.1 Å². The van der Waals surface area contributed by atoms with E-state index in [2.05, 4.69) is 0 Å². The first-order valence-electron chi connectivity index (χ1n) is 6.90. The zero-order valence-electron chi connectivity index (χ0n) is 12.1. The molecule has 0 bridgehead atoms. The van der Waals surface area contributed by atoms with Crippen LogP contribution in [0.25, 0.3) is 0 Å². The Kier molecular flexibility index (Phi) is 4.27. The van der Waals surface area contributed by atoms with Crippen LogP contribution in [-0.4, -0.2) is 35.6 Å². The van der Waals surface area contributed by atoms with Crippen molar-refractivity contribution in [2.24, 2.45) is 5.73 Å². The van der Waals surface area contributed by atoms with Crippen LogP contribution >= 0.6 is 0 Å². The van der Waals surface area contributed by atoms with Crippen LogP contribution < -0.4 is 5.73 Å². The minimum Gasteiger partial charge on any atom is -0.326 e. The fourth-order valence-electron chi connectivity index (χ4n) is 2.77. The van der Waals surface area contributed by atoms with Crippen molar-refractivity contribution in [3.8, 4) is 0 Å². The zero-order chi connectivity index (χ0) is 15.8. The maximum Gasteiger partial charge on any atom is 0.408 e. The van der Waals surface area contributed by atoms with Gasteiger partial charge in [0, 0.05) is 18.2 Å². The number of hydrogen-bond acceptors (Lipinski definition) is 2. The molecule has 0 saturated carbocycles. The molecule has 3 nitrogen and oxygen atoms in total. The number of hydrogen-bond donors (Lipinski definition) is 1. The largest absolute Gasteiger partial charge is 0.408 e. The van der Waals surface area contributed by atoms with Gasteiger partial charge in [0.2, 0.25) is 0 Å². The predicted molar refractivity (Wildman–Crippen MR) is 74.0 cm³/mol. The molecule has 1 aliphatic heterocycles. The molecule has 1 heterocycles. The molecule has 1 saturated heterocycles. The van der Waals surface area contributed by atoms with Crippen molar-refractivity contribution in [3.63, 3.8) is 0 Å². The minimum absolute atomic E-state index is 0.0592. The second kappa shape index (κ2) is 5.67. The molecule has 6 heteroatoms. The van der Waals surface area contributed by atoms with Crippen molar-refractivity contribution < 1.29 is 18.0 Å². The highest BCUT2D eigenvalue weighted by atomic mass is 19.4. The van der Waals surface area contributed by atoms with E-state index in [0.29, 0.717) is 11.1 Å². The van der Waals surface area contributed by atoms with E-state index in [-0.39, 0.29) is 19.4 Å². The maximum absolute atomic E-state index is 13.1. The number of carbonyl (C=O) groups is 1. The Morgan fingerprint density at radius 3 is 2.52 bits per heavy atom. The predicted octanol–water partition coefficient (Wildman–Crippen LogP) is 2.80. The SMILES string of the molecule is Cc1ccc(C(=O)N2CC(N)CCC2C(F)(F)F)c(C)c1. The Bertz CT molecular complexity index is 542. The van der Waals surface area contributed by atoms with Gasteiger partial charge in [0.05, 0.1) is 0 Å². The summed E-state index contributed by atoms with van der Waals surface area (Å²) >= 11 is 0. The molecule has 21 heavy (non-hydrogen) atoms. The van der Waals surface area contributed by atoms with Crippen LogP contribution in [0.5, 0.6) is 0 Å². The molecule has 0 radical (unpaired) electrons. The van der Waals surface area contributed by atoms with E-state index < -0.39 is 24.2 Å². The summed E-state index contributed by atoms with van der Waals surface area (Å²) in [5, 5.41) is 0. The molecular weight excluding hydrogens is 281 g/mol. The molecule has 1 aromatic rings. The average Bonchev–Trinajstić information content (AvgIpc) is 2.36.